The number of hydrogen-bond acceptors (Lipinski definition) is 5. The number of nitrogens with one attached hydrogen (secondary N) is 1. The molecule has 0 bridgehead atoms. The van der Waals surface area contributed by atoms with Gasteiger partial charge in [-0.15, -0.1) is 0 Å². The van der Waals surface area contributed by atoms with E-state index in [0.29, 0.717) is 31.7 Å². The number of hydrogen-bond donors (Lipinski definition) is 1. The van der Waals surface area contributed by atoms with Gasteiger partial charge in [-0.3, -0.25) is 4.79 Å². The van der Waals surface area contributed by atoms with Gasteiger partial charge in [-0.2, -0.15) is 4.31 Å². The van der Waals surface area contributed by atoms with Crippen molar-refractivity contribution in [2.24, 2.45) is 0 Å². The molecule has 1 amide bonds. The zero-order valence-electron chi connectivity index (χ0n) is 19.4. The summed E-state index contributed by atoms with van der Waals surface area (Å²) in [4.78, 5) is 19.9. The van der Waals surface area contributed by atoms with Gasteiger partial charge in [0.15, 0.2) is 0 Å². The van der Waals surface area contributed by atoms with E-state index in [4.69, 9.17) is 0 Å². The Balaban J connectivity index is 1.88. The maximum absolute atomic E-state index is 13.8. The molecule has 174 valence electrons. The summed E-state index contributed by atoms with van der Waals surface area (Å²) in [6.07, 6.45) is 7.89. The fourth-order valence-corrected chi connectivity index (χ4v) is 6.63. The van der Waals surface area contributed by atoms with Gasteiger partial charge in [-0.1, -0.05) is 25.7 Å². The molecule has 0 radical (unpaired) electrons. The normalized spacial score (nSPS) is 21.3. The van der Waals surface area contributed by atoms with Crippen LogP contribution in [0.15, 0.2) is 17.0 Å². The first kappa shape index (κ1) is 24.0. The maximum Gasteiger partial charge on any atom is 0.247 e. The number of nitrogens with zero attached hydrogens (tertiary/aromatic N) is 3. The van der Waals surface area contributed by atoms with Crippen LogP contribution in [-0.4, -0.2) is 54.8 Å². The molecule has 1 aliphatic heterocycles. The Morgan fingerprint density at radius 2 is 1.84 bits per heavy atom. The zero-order chi connectivity index (χ0) is 22.6. The molecule has 7 nitrogen and oxygen atoms in total. The molecule has 1 aromatic rings. The summed E-state index contributed by atoms with van der Waals surface area (Å²) in [5.41, 5.74) is 0.775. The van der Waals surface area contributed by atoms with E-state index in [1.165, 1.54) is 17.1 Å². The van der Waals surface area contributed by atoms with E-state index in [0.717, 1.165) is 31.4 Å². The molecule has 1 saturated heterocycles. The highest BCUT2D eigenvalue weighted by molar-refractivity contribution is 7.89. The lowest BCUT2D eigenvalue weighted by Gasteiger charge is -2.31. The highest BCUT2D eigenvalue weighted by atomic mass is 32.2. The molecule has 1 aromatic heterocycles. The van der Waals surface area contributed by atoms with Gasteiger partial charge in [0.1, 0.15) is 16.8 Å². The smallest absolute Gasteiger partial charge is 0.247 e. The quantitative estimate of drug-likeness (QED) is 0.642. The predicted octanol–water partition coefficient (Wildman–Crippen LogP) is 3.62. The molecule has 8 heteroatoms. The van der Waals surface area contributed by atoms with Crippen LogP contribution in [0.1, 0.15) is 77.8 Å². The summed E-state index contributed by atoms with van der Waals surface area (Å²) in [6.45, 7) is 8.95. The lowest BCUT2D eigenvalue weighted by Crippen LogP contribution is -2.49. The average Bonchev–Trinajstić information content (AvgIpc) is 3.08. The Hall–Kier alpha value is -1.67. The van der Waals surface area contributed by atoms with Gasteiger partial charge in [-0.25, -0.2) is 13.4 Å². The summed E-state index contributed by atoms with van der Waals surface area (Å²) in [7, 11) is -3.85. The number of aryl methyl sites for hydroxylation is 1. The van der Waals surface area contributed by atoms with Crippen LogP contribution in [0.5, 0.6) is 0 Å². The molecular formula is C23H38N4O3S. The summed E-state index contributed by atoms with van der Waals surface area (Å²) in [5.74, 6) is 0.332. The van der Waals surface area contributed by atoms with E-state index in [1.807, 2.05) is 32.6 Å². The van der Waals surface area contributed by atoms with Crippen molar-refractivity contribution < 1.29 is 13.2 Å². The monoisotopic (exact) mass is 450 g/mol. The van der Waals surface area contributed by atoms with E-state index in [2.05, 4.69) is 10.3 Å². The highest BCUT2D eigenvalue weighted by Crippen LogP contribution is 2.32. The lowest BCUT2D eigenvalue weighted by atomic mass is 10.1. The van der Waals surface area contributed by atoms with Crippen molar-refractivity contribution in [3.8, 4) is 0 Å². The van der Waals surface area contributed by atoms with Gasteiger partial charge in [0.25, 0.3) is 0 Å². The van der Waals surface area contributed by atoms with E-state index < -0.39 is 16.1 Å². The van der Waals surface area contributed by atoms with Crippen molar-refractivity contribution >= 4 is 21.7 Å². The minimum atomic E-state index is -3.85. The van der Waals surface area contributed by atoms with Crippen molar-refractivity contribution in [1.82, 2.24) is 14.6 Å². The number of pyridine rings is 1. The van der Waals surface area contributed by atoms with Gasteiger partial charge in [0.05, 0.1) is 0 Å². The topological polar surface area (TPSA) is 82.6 Å². The molecule has 1 atom stereocenters. The van der Waals surface area contributed by atoms with Crippen LogP contribution < -0.4 is 10.2 Å². The van der Waals surface area contributed by atoms with E-state index in [-0.39, 0.29) is 22.9 Å². The Morgan fingerprint density at radius 3 is 2.45 bits per heavy atom. The fraction of sp³-hybridized carbons (Fsp3) is 0.739. The van der Waals surface area contributed by atoms with E-state index in [9.17, 15) is 13.2 Å². The van der Waals surface area contributed by atoms with Crippen molar-refractivity contribution in [3.63, 3.8) is 0 Å². The molecule has 1 saturated carbocycles. The third-order valence-corrected chi connectivity index (χ3v) is 8.44. The Morgan fingerprint density at radius 1 is 1.16 bits per heavy atom. The molecule has 31 heavy (non-hydrogen) atoms. The van der Waals surface area contributed by atoms with Crippen LogP contribution in [0.4, 0.5) is 5.82 Å². The third kappa shape index (κ3) is 5.40. The number of anilines is 1. The van der Waals surface area contributed by atoms with Crippen LogP contribution in [0.25, 0.3) is 0 Å². The molecule has 0 aromatic carbocycles. The van der Waals surface area contributed by atoms with Crippen LogP contribution in [-0.2, 0) is 14.8 Å². The van der Waals surface area contributed by atoms with Gasteiger partial charge in [0, 0.05) is 30.9 Å². The van der Waals surface area contributed by atoms with E-state index >= 15 is 0 Å². The van der Waals surface area contributed by atoms with Gasteiger partial charge >= 0.3 is 0 Å². The van der Waals surface area contributed by atoms with Gasteiger partial charge in [-0.05, 0) is 65.5 Å². The Bertz CT molecular complexity index is 864. The number of rotatable bonds is 7. The highest BCUT2D eigenvalue weighted by Gasteiger charge is 2.41. The molecule has 2 fully saturated rings. The number of amides is 1. The SMILES string of the molecule is CCN(c1nc(C)ccc1S(=O)(=O)N1CCC[C@H]1C(=O)NC1CCCCCC1)C(C)C. The molecular weight excluding hydrogens is 412 g/mol. The number of carbonyl (C=O) groups is 1. The van der Waals surface area contributed by atoms with Crippen molar-refractivity contribution in [2.45, 2.75) is 102 Å². The summed E-state index contributed by atoms with van der Waals surface area (Å²) in [5, 5.41) is 3.16. The summed E-state index contributed by atoms with van der Waals surface area (Å²) >= 11 is 0. The third-order valence-electron chi connectivity index (χ3n) is 6.51. The second-order valence-corrected chi connectivity index (χ2v) is 11.0. The molecule has 1 aliphatic carbocycles. The lowest BCUT2D eigenvalue weighted by molar-refractivity contribution is -0.125. The molecule has 0 spiro atoms. The van der Waals surface area contributed by atoms with Crippen LogP contribution in [0.3, 0.4) is 0 Å². The minimum Gasteiger partial charge on any atom is -0.353 e. The number of sulfonamides is 1. The van der Waals surface area contributed by atoms with Crippen molar-refractivity contribution in [2.75, 3.05) is 18.0 Å². The molecule has 2 heterocycles. The predicted molar refractivity (Wildman–Crippen MR) is 124 cm³/mol. The summed E-state index contributed by atoms with van der Waals surface area (Å²) in [6, 6.07) is 3.02. The Labute approximate surface area is 187 Å². The zero-order valence-corrected chi connectivity index (χ0v) is 20.2. The van der Waals surface area contributed by atoms with E-state index in [1.54, 1.807) is 12.1 Å². The minimum absolute atomic E-state index is 0.112. The Kier molecular flexibility index (Phi) is 7.97. The molecule has 2 aliphatic rings. The molecule has 1 N–H and O–H groups in total. The van der Waals surface area contributed by atoms with Crippen LogP contribution >= 0.6 is 0 Å². The second-order valence-electron chi connectivity index (χ2n) is 9.12. The molecule has 0 unspecified atom stereocenters. The average molecular weight is 451 g/mol. The largest absolute Gasteiger partial charge is 0.353 e. The number of aromatic nitrogens is 1. The second kappa shape index (κ2) is 10.3. The fourth-order valence-electron chi connectivity index (χ4n) is 4.83. The molecule has 3 rings (SSSR count). The van der Waals surface area contributed by atoms with Crippen LogP contribution in [0.2, 0.25) is 0 Å². The first-order valence-corrected chi connectivity index (χ1v) is 13.3. The first-order valence-electron chi connectivity index (χ1n) is 11.8. The van der Waals surface area contributed by atoms with Crippen LogP contribution in [0, 0.1) is 6.92 Å². The number of carbonyl (C=O) groups excluding carboxylic acids is 1. The van der Waals surface area contributed by atoms with Gasteiger partial charge < -0.3 is 10.2 Å². The van der Waals surface area contributed by atoms with Gasteiger partial charge in [0.2, 0.25) is 15.9 Å². The summed E-state index contributed by atoms with van der Waals surface area (Å²) < 4.78 is 28.9. The maximum atomic E-state index is 13.8. The standard InChI is InChI=1S/C23H38N4O3S/c1-5-26(17(2)3)22-21(15-14-18(4)24-22)31(29,30)27-16-10-13-20(27)23(28)25-19-11-8-6-7-9-12-19/h14-15,17,19-20H,5-13,16H2,1-4H3,(H,25,28)/t20-/m0/s1. The van der Waals surface area contributed by atoms with Crippen molar-refractivity contribution in [1.29, 1.82) is 0 Å². The first-order chi connectivity index (χ1) is 14.8. The van der Waals surface area contributed by atoms with Crippen molar-refractivity contribution in [3.05, 3.63) is 17.8 Å².